The largest absolute Gasteiger partial charge is 0.301 e. The van der Waals surface area contributed by atoms with E-state index in [-0.39, 0.29) is 60.8 Å². The van der Waals surface area contributed by atoms with E-state index >= 15 is 0 Å². The van der Waals surface area contributed by atoms with Gasteiger partial charge in [0.05, 0.1) is 0 Å². The number of benzene rings is 1. The second-order valence-electron chi connectivity index (χ2n) is 5.54. The second-order valence-corrected chi connectivity index (χ2v) is 5.54. The quantitative estimate of drug-likeness (QED) is 0.571. The molecule has 1 heterocycles. The Morgan fingerprint density at radius 2 is 1.27 bits per heavy atom. The minimum atomic E-state index is -0.163. The van der Waals surface area contributed by atoms with Crippen LogP contribution in [0.2, 0.25) is 0 Å². The van der Waals surface area contributed by atoms with Crippen molar-refractivity contribution < 1.29 is 37.1 Å². The Morgan fingerprint density at radius 3 is 1.55 bits per heavy atom. The number of rotatable bonds is 2. The van der Waals surface area contributed by atoms with Crippen molar-refractivity contribution in [3.8, 4) is 0 Å². The summed E-state index contributed by atoms with van der Waals surface area (Å²) in [4.78, 5) is 2.53. The maximum Gasteiger partial charge on any atom is 0.123 e. The number of halogens is 1. The van der Waals surface area contributed by atoms with Gasteiger partial charge in [-0.05, 0) is 63.4 Å². The van der Waals surface area contributed by atoms with Gasteiger partial charge in [0.2, 0.25) is 0 Å². The average molecular weight is 388 g/mol. The molecule has 2 rings (SSSR count). The van der Waals surface area contributed by atoms with Crippen molar-refractivity contribution in [2.45, 2.75) is 74.8 Å². The van der Waals surface area contributed by atoms with Crippen molar-refractivity contribution in [1.82, 2.24) is 4.90 Å². The van der Waals surface area contributed by atoms with Crippen LogP contribution >= 0.6 is 0 Å². The molecular formula is C19H38FNY. The minimum Gasteiger partial charge on any atom is -0.301 e. The predicted molar refractivity (Wildman–Crippen MR) is 96.6 cm³/mol. The van der Waals surface area contributed by atoms with Gasteiger partial charge in [-0.15, -0.1) is 0 Å². The summed E-state index contributed by atoms with van der Waals surface area (Å²) in [6, 6.07) is 7.41. The molecule has 0 atom stereocenters. The molecule has 0 aromatic heterocycles. The van der Waals surface area contributed by atoms with Crippen LogP contribution in [0.1, 0.15) is 74.3 Å². The summed E-state index contributed by atoms with van der Waals surface area (Å²) in [6.07, 6.45) is 2.83. The Hall–Kier alpha value is 0.214. The van der Waals surface area contributed by atoms with Crippen LogP contribution in [0.4, 0.5) is 4.39 Å². The molecule has 1 aliphatic heterocycles. The van der Waals surface area contributed by atoms with Crippen LogP contribution in [0.25, 0.3) is 0 Å². The molecule has 1 aromatic carbocycles. The zero-order valence-electron chi connectivity index (χ0n) is 12.7. The normalized spacial score (nSPS) is 13.0. The Bertz CT molecular complexity index is 330. The number of hydrogen-bond donors (Lipinski definition) is 0. The van der Waals surface area contributed by atoms with Crippen LogP contribution < -0.4 is 0 Å². The first-order chi connectivity index (χ1) is 8.50. The number of likely N-dealkylation sites (tertiary alicyclic amines) is 1. The van der Waals surface area contributed by atoms with E-state index in [1.165, 1.54) is 43.6 Å². The van der Waals surface area contributed by atoms with E-state index in [0.29, 0.717) is 5.92 Å². The summed E-state index contributed by atoms with van der Waals surface area (Å²) in [5.74, 6) is 0.324. The fraction of sp³-hybridized carbons (Fsp3) is 0.684. The summed E-state index contributed by atoms with van der Waals surface area (Å²) >= 11 is 0. The van der Waals surface area contributed by atoms with Gasteiger partial charge >= 0.3 is 0 Å². The third kappa shape index (κ3) is 11.7. The molecule has 1 fully saturated rings. The molecule has 1 aromatic rings. The first-order valence-corrected chi connectivity index (χ1v) is 7.00. The molecule has 0 unspecified atom stereocenters. The molecule has 0 saturated carbocycles. The van der Waals surface area contributed by atoms with Gasteiger partial charge in [0.15, 0.2) is 0 Å². The van der Waals surface area contributed by atoms with Crippen LogP contribution in [-0.2, 0) is 32.7 Å². The molecule has 0 spiro atoms. The van der Waals surface area contributed by atoms with E-state index in [2.05, 4.69) is 32.6 Å². The van der Waals surface area contributed by atoms with Crippen molar-refractivity contribution in [2.75, 3.05) is 13.1 Å². The van der Waals surface area contributed by atoms with E-state index in [1.54, 1.807) is 0 Å². The number of nitrogens with zero attached hydrogens (tertiary/aromatic N) is 1. The summed E-state index contributed by atoms with van der Waals surface area (Å²) in [6.45, 7) is 11.4. The SMILES string of the molecule is C.C.C.CC(C)N1CCCC1.CC(C)c1ccc(F)cc1.[Y]. The predicted octanol–water partition coefficient (Wildman–Crippen LogP) is 6.35. The molecule has 1 aliphatic rings. The first kappa shape index (κ1) is 30.1. The van der Waals surface area contributed by atoms with E-state index in [1.807, 2.05) is 12.1 Å². The van der Waals surface area contributed by atoms with E-state index in [0.717, 1.165) is 6.04 Å². The summed E-state index contributed by atoms with van der Waals surface area (Å²) < 4.78 is 12.4. The van der Waals surface area contributed by atoms with Crippen LogP contribution in [0.15, 0.2) is 24.3 Å². The van der Waals surface area contributed by atoms with Gasteiger partial charge in [0, 0.05) is 38.8 Å². The molecule has 3 heteroatoms. The molecule has 0 amide bonds. The molecule has 1 saturated heterocycles. The zero-order valence-corrected chi connectivity index (χ0v) is 15.5. The van der Waals surface area contributed by atoms with Crippen LogP contribution in [0.5, 0.6) is 0 Å². The molecule has 0 aliphatic carbocycles. The van der Waals surface area contributed by atoms with E-state index in [9.17, 15) is 4.39 Å². The maximum atomic E-state index is 12.4. The van der Waals surface area contributed by atoms with Crippen molar-refractivity contribution in [2.24, 2.45) is 0 Å². The smallest absolute Gasteiger partial charge is 0.123 e. The number of hydrogen-bond acceptors (Lipinski definition) is 1. The molecule has 1 radical (unpaired) electrons. The summed E-state index contributed by atoms with van der Waals surface area (Å²) in [7, 11) is 0. The summed E-state index contributed by atoms with van der Waals surface area (Å²) in [5.41, 5.74) is 1.18. The molecule has 129 valence electrons. The van der Waals surface area contributed by atoms with Crippen molar-refractivity contribution in [3.63, 3.8) is 0 Å². The Kier molecular flexibility index (Phi) is 22.0. The molecule has 1 nitrogen and oxygen atoms in total. The maximum absolute atomic E-state index is 12.4. The Balaban J connectivity index is -0.000000126. The fourth-order valence-electron chi connectivity index (χ4n) is 2.11. The standard InChI is InChI=1S/C9H11F.C7H15N.3CH4.Y/c1-7(2)8-3-5-9(10)6-4-8;1-7(2)8-5-3-4-6-8;;;;/h3-7H,1-2H3;7H,3-6H2,1-2H3;3*1H4;. The van der Waals surface area contributed by atoms with Gasteiger partial charge in [-0.2, -0.15) is 0 Å². The molecular weight excluding hydrogens is 350 g/mol. The van der Waals surface area contributed by atoms with Gasteiger partial charge in [-0.1, -0.05) is 48.3 Å². The first-order valence-electron chi connectivity index (χ1n) is 7.00. The average Bonchev–Trinajstić information content (AvgIpc) is 2.84. The third-order valence-electron chi connectivity index (χ3n) is 3.41. The topological polar surface area (TPSA) is 3.24 Å². The fourth-order valence-corrected chi connectivity index (χ4v) is 2.11. The van der Waals surface area contributed by atoms with Gasteiger partial charge in [0.25, 0.3) is 0 Å². The van der Waals surface area contributed by atoms with Gasteiger partial charge in [-0.3, -0.25) is 0 Å². The van der Waals surface area contributed by atoms with Crippen molar-refractivity contribution >= 4 is 0 Å². The minimum absolute atomic E-state index is 0. The monoisotopic (exact) mass is 388 g/mol. The zero-order chi connectivity index (χ0) is 13.5. The van der Waals surface area contributed by atoms with Crippen LogP contribution in [-0.4, -0.2) is 24.0 Å². The molecule has 0 N–H and O–H groups in total. The van der Waals surface area contributed by atoms with Gasteiger partial charge in [-0.25, -0.2) is 4.39 Å². The van der Waals surface area contributed by atoms with Crippen molar-refractivity contribution in [3.05, 3.63) is 35.6 Å². The van der Waals surface area contributed by atoms with Gasteiger partial charge < -0.3 is 4.90 Å². The van der Waals surface area contributed by atoms with E-state index < -0.39 is 0 Å². The summed E-state index contributed by atoms with van der Waals surface area (Å²) in [5, 5.41) is 0. The molecule has 0 bridgehead atoms. The second kappa shape index (κ2) is 16.1. The van der Waals surface area contributed by atoms with Crippen molar-refractivity contribution in [1.29, 1.82) is 0 Å². The Labute approximate surface area is 165 Å². The van der Waals surface area contributed by atoms with E-state index in [4.69, 9.17) is 0 Å². The van der Waals surface area contributed by atoms with Gasteiger partial charge in [0.1, 0.15) is 5.82 Å². The van der Waals surface area contributed by atoms with Crippen LogP contribution in [0, 0.1) is 5.82 Å². The van der Waals surface area contributed by atoms with Crippen LogP contribution in [0.3, 0.4) is 0 Å². The third-order valence-corrected chi connectivity index (χ3v) is 3.41. The molecule has 22 heavy (non-hydrogen) atoms. The Morgan fingerprint density at radius 1 is 0.864 bits per heavy atom.